The number of hydrogen-bond acceptors (Lipinski definition) is 4. The van der Waals surface area contributed by atoms with Crippen LogP contribution in [0.25, 0.3) is 11.5 Å². The molecule has 0 fully saturated rings. The van der Waals surface area contributed by atoms with Crippen LogP contribution in [-0.2, 0) is 11.2 Å². The lowest BCUT2D eigenvalue weighted by Gasteiger charge is -2.20. The molecule has 0 aliphatic carbocycles. The van der Waals surface area contributed by atoms with Gasteiger partial charge in [0.25, 0.3) is 0 Å². The number of oxazole rings is 1. The number of ether oxygens (including phenoxy) is 1. The topological polar surface area (TPSA) is 55.6 Å². The van der Waals surface area contributed by atoms with Gasteiger partial charge in [-0.05, 0) is 50.2 Å². The van der Waals surface area contributed by atoms with Crippen molar-refractivity contribution in [2.24, 2.45) is 0 Å². The number of aryl methyl sites for hydroxylation is 1. The number of rotatable bonds is 6. The van der Waals surface area contributed by atoms with Crippen LogP contribution in [0.15, 0.2) is 59.0 Å². The van der Waals surface area contributed by atoms with Crippen LogP contribution >= 0.6 is 0 Å². The van der Waals surface area contributed by atoms with Crippen molar-refractivity contribution < 1.29 is 13.9 Å². The second kappa shape index (κ2) is 7.87. The number of carbonyl (C=O) groups excluding carboxylic acids is 1. The highest BCUT2D eigenvalue weighted by Crippen LogP contribution is 2.25. The van der Waals surface area contributed by atoms with Gasteiger partial charge < -0.3 is 14.1 Å². The molecule has 26 heavy (non-hydrogen) atoms. The normalized spacial score (nSPS) is 10.6. The molecule has 0 N–H and O–H groups in total. The predicted octanol–water partition coefficient (Wildman–Crippen LogP) is 4.25. The smallest absolute Gasteiger partial charge is 0.233 e. The van der Waals surface area contributed by atoms with Gasteiger partial charge in [-0.2, -0.15) is 0 Å². The molecule has 0 bridgehead atoms. The van der Waals surface area contributed by atoms with E-state index in [4.69, 9.17) is 9.15 Å². The summed E-state index contributed by atoms with van der Waals surface area (Å²) in [6.07, 6.45) is 0.203. The summed E-state index contributed by atoms with van der Waals surface area (Å²) in [7, 11) is 1.63. The van der Waals surface area contributed by atoms with E-state index in [1.165, 1.54) is 0 Å². The van der Waals surface area contributed by atoms with Crippen LogP contribution in [0, 0.1) is 6.92 Å². The Hall–Kier alpha value is -3.08. The molecule has 1 amide bonds. The molecule has 0 unspecified atom stereocenters. The number of amides is 1. The van der Waals surface area contributed by atoms with E-state index in [0.29, 0.717) is 23.9 Å². The first-order valence-corrected chi connectivity index (χ1v) is 8.58. The van der Waals surface area contributed by atoms with Crippen molar-refractivity contribution >= 4 is 11.6 Å². The lowest BCUT2D eigenvalue weighted by Crippen LogP contribution is -2.32. The van der Waals surface area contributed by atoms with Gasteiger partial charge in [0.05, 0.1) is 19.2 Å². The predicted molar refractivity (Wildman–Crippen MR) is 101 cm³/mol. The van der Waals surface area contributed by atoms with E-state index < -0.39 is 0 Å². The molecule has 0 spiro atoms. The number of anilines is 1. The Kier molecular flexibility index (Phi) is 5.37. The zero-order valence-electron chi connectivity index (χ0n) is 15.2. The number of likely N-dealkylation sites (N-methyl/N-ethyl adjacent to an activating group) is 1. The minimum Gasteiger partial charge on any atom is -0.497 e. The van der Waals surface area contributed by atoms with Crippen LogP contribution in [0.2, 0.25) is 0 Å². The highest BCUT2D eigenvalue weighted by Gasteiger charge is 2.19. The molecule has 5 nitrogen and oxygen atoms in total. The Balaban J connectivity index is 1.79. The Morgan fingerprint density at radius 3 is 2.42 bits per heavy atom. The Bertz CT molecular complexity index is 870. The molecular weight excluding hydrogens is 328 g/mol. The lowest BCUT2D eigenvalue weighted by molar-refractivity contribution is -0.118. The average molecular weight is 350 g/mol. The molecule has 1 aromatic heterocycles. The third-order valence-corrected chi connectivity index (χ3v) is 4.23. The number of hydrogen-bond donors (Lipinski definition) is 0. The maximum Gasteiger partial charge on any atom is 0.233 e. The van der Waals surface area contributed by atoms with Gasteiger partial charge in [0.15, 0.2) is 0 Å². The van der Waals surface area contributed by atoms with Crippen molar-refractivity contribution in [2.75, 3.05) is 18.6 Å². The van der Waals surface area contributed by atoms with Gasteiger partial charge in [-0.3, -0.25) is 4.79 Å². The standard InChI is InChI=1S/C21H22N2O3/c1-4-23(17-8-6-5-7-9-17)20(24)14-19-15(2)26-21(22-19)16-10-12-18(25-3)13-11-16/h5-13H,4,14H2,1-3H3. The maximum atomic E-state index is 12.8. The molecule has 0 aliphatic heterocycles. The lowest BCUT2D eigenvalue weighted by atomic mass is 10.2. The van der Waals surface area contributed by atoms with Gasteiger partial charge in [0, 0.05) is 17.8 Å². The van der Waals surface area contributed by atoms with E-state index in [9.17, 15) is 4.79 Å². The van der Waals surface area contributed by atoms with Gasteiger partial charge in [-0.25, -0.2) is 4.98 Å². The Morgan fingerprint density at radius 2 is 1.81 bits per heavy atom. The first-order chi connectivity index (χ1) is 12.6. The van der Waals surface area contributed by atoms with Gasteiger partial charge in [0.1, 0.15) is 11.5 Å². The van der Waals surface area contributed by atoms with Crippen molar-refractivity contribution in [1.29, 1.82) is 0 Å². The summed E-state index contributed by atoms with van der Waals surface area (Å²) in [5, 5.41) is 0. The van der Waals surface area contributed by atoms with E-state index in [1.807, 2.05) is 68.4 Å². The molecule has 0 radical (unpaired) electrons. The van der Waals surface area contributed by atoms with Crippen LogP contribution in [0.5, 0.6) is 5.75 Å². The molecule has 5 heteroatoms. The summed E-state index contributed by atoms with van der Waals surface area (Å²) in [5.41, 5.74) is 2.40. The highest BCUT2D eigenvalue weighted by molar-refractivity contribution is 5.94. The van der Waals surface area contributed by atoms with Crippen LogP contribution in [0.3, 0.4) is 0 Å². The second-order valence-electron chi connectivity index (χ2n) is 5.90. The summed E-state index contributed by atoms with van der Waals surface area (Å²) in [5.74, 6) is 1.94. The Morgan fingerprint density at radius 1 is 1.12 bits per heavy atom. The molecule has 0 saturated carbocycles. The van der Waals surface area contributed by atoms with Crippen molar-refractivity contribution in [3.05, 3.63) is 66.1 Å². The first-order valence-electron chi connectivity index (χ1n) is 8.58. The number of carbonyl (C=O) groups is 1. The summed E-state index contributed by atoms with van der Waals surface area (Å²) in [6, 6.07) is 17.1. The zero-order chi connectivity index (χ0) is 18.5. The second-order valence-corrected chi connectivity index (χ2v) is 5.90. The monoisotopic (exact) mass is 350 g/mol. The largest absolute Gasteiger partial charge is 0.497 e. The number of methoxy groups -OCH3 is 1. The number of para-hydroxylation sites is 1. The zero-order valence-corrected chi connectivity index (χ0v) is 15.2. The number of benzene rings is 2. The molecule has 134 valence electrons. The average Bonchev–Trinajstić information content (AvgIpc) is 3.04. The molecule has 2 aromatic carbocycles. The first kappa shape index (κ1) is 17.7. The van der Waals surface area contributed by atoms with E-state index in [0.717, 1.165) is 17.0 Å². The van der Waals surface area contributed by atoms with Crippen LogP contribution in [-0.4, -0.2) is 24.5 Å². The van der Waals surface area contributed by atoms with Gasteiger partial charge in [-0.15, -0.1) is 0 Å². The molecule has 0 atom stereocenters. The maximum absolute atomic E-state index is 12.8. The molecule has 3 aromatic rings. The van der Waals surface area contributed by atoms with Crippen LogP contribution < -0.4 is 9.64 Å². The fraction of sp³-hybridized carbons (Fsp3) is 0.238. The van der Waals surface area contributed by atoms with Crippen molar-refractivity contribution in [3.8, 4) is 17.2 Å². The van der Waals surface area contributed by atoms with Crippen molar-refractivity contribution in [1.82, 2.24) is 4.98 Å². The van der Waals surface area contributed by atoms with Gasteiger partial charge in [0.2, 0.25) is 11.8 Å². The summed E-state index contributed by atoms with van der Waals surface area (Å²) in [4.78, 5) is 19.0. The molecule has 0 saturated heterocycles. The fourth-order valence-electron chi connectivity index (χ4n) is 2.80. The summed E-state index contributed by atoms with van der Waals surface area (Å²) < 4.78 is 10.9. The summed E-state index contributed by atoms with van der Waals surface area (Å²) >= 11 is 0. The SMILES string of the molecule is CCN(C(=O)Cc1nc(-c2ccc(OC)cc2)oc1C)c1ccccc1. The van der Waals surface area contributed by atoms with E-state index in [2.05, 4.69) is 4.98 Å². The van der Waals surface area contributed by atoms with Crippen LogP contribution in [0.4, 0.5) is 5.69 Å². The third kappa shape index (κ3) is 3.77. The van der Waals surface area contributed by atoms with E-state index >= 15 is 0 Å². The molecule has 3 rings (SSSR count). The van der Waals surface area contributed by atoms with Crippen molar-refractivity contribution in [3.63, 3.8) is 0 Å². The molecule has 0 aliphatic rings. The number of nitrogens with zero attached hydrogens (tertiary/aromatic N) is 2. The molecular formula is C21H22N2O3. The minimum atomic E-state index is -0.00335. The van der Waals surface area contributed by atoms with Gasteiger partial charge >= 0.3 is 0 Å². The Labute approximate surface area is 153 Å². The van der Waals surface area contributed by atoms with E-state index in [1.54, 1.807) is 12.0 Å². The van der Waals surface area contributed by atoms with Gasteiger partial charge in [-0.1, -0.05) is 18.2 Å². The summed E-state index contributed by atoms with van der Waals surface area (Å²) in [6.45, 7) is 4.40. The highest BCUT2D eigenvalue weighted by atomic mass is 16.5. The third-order valence-electron chi connectivity index (χ3n) is 4.23. The minimum absolute atomic E-state index is 0.00335. The fourth-order valence-corrected chi connectivity index (χ4v) is 2.80. The number of aromatic nitrogens is 1. The van der Waals surface area contributed by atoms with Crippen molar-refractivity contribution in [2.45, 2.75) is 20.3 Å². The molecule has 1 heterocycles. The van der Waals surface area contributed by atoms with Crippen LogP contribution in [0.1, 0.15) is 18.4 Å². The van der Waals surface area contributed by atoms with E-state index in [-0.39, 0.29) is 12.3 Å². The quantitative estimate of drug-likeness (QED) is 0.667.